The Morgan fingerprint density at radius 3 is 2.04 bits per heavy atom. The van der Waals surface area contributed by atoms with Gasteiger partial charge in [-0.1, -0.05) is 69.0 Å². The van der Waals surface area contributed by atoms with Crippen LogP contribution in [0.15, 0.2) is 77.9 Å². The van der Waals surface area contributed by atoms with E-state index in [2.05, 4.69) is 79.8 Å². The predicted octanol–water partition coefficient (Wildman–Crippen LogP) is 6.05. The van der Waals surface area contributed by atoms with Crippen molar-refractivity contribution in [3.63, 3.8) is 0 Å². The molecule has 0 saturated carbocycles. The maximum Gasteiger partial charge on any atom is 0.0304 e. The molecule has 0 saturated heterocycles. The van der Waals surface area contributed by atoms with E-state index in [1.165, 1.54) is 21.6 Å². The summed E-state index contributed by atoms with van der Waals surface area (Å²) < 4.78 is 2.34. The van der Waals surface area contributed by atoms with Crippen LogP contribution in [0.1, 0.15) is 32.3 Å². The minimum absolute atomic E-state index is 0.676. The molecule has 0 bridgehead atoms. The number of aryl methyl sites for hydroxylation is 1. The maximum absolute atomic E-state index is 5.71. The van der Waals surface area contributed by atoms with Gasteiger partial charge in [-0.3, -0.25) is 0 Å². The zero-order valence-electron chi connectivity index (χ0n) is 16.0. The van der Waals surface area contributed by atoms with Gasteiger partial charge < -0.3 is 5.73 Å². The molecule has 0 radical (unpaired) electrons. The number of rotatable bonds is 10. The zero-order valence-corrected chi connectivity index (χ0v) is 16.8. The summed E-state index contributed by atoms with van der Waals surface area (Å²) in [5.74, 6) is 0. The molecular weight excluding hydrogens is 336 g/mol. The molecule has 0 unspecified atom stereocenters. The van der Waals surface area contributed by atoms with Gasteiger partial charge in [0.2, 0.25) is 0 Å². The average molecular weight is 367 g/mol. The van der Waals surface area contributed by atoms with E-state index in [0.717, 1.165) is 31.5 Å². The molecule has 0 heterocycles. The van der Waals surface area contributed by atoms with E-state index in [1.807, 2.05) is 0 Å². The van der Waals surface area contributed by atoms with Crippen LogP contribution in [0.4, 0.5) is 0 Å². The summed E-state index contributed by atoms with van der Waals surface area (Å²) in [5, 5.41) is 0. The standard InChI is InChI=1S/C23H30N2S/c1-5-15-25(17-18(3)16-19(4)24)26-23-13-11-22(12-14-23)21-9-7-20(6-2)8-10-21/h7-14H,3-6,15-17,24H2,1-2H3. The summed E-state index contributed by atoms with van der Waals surface area (Å²) in [6, 6.07) is 17.6. The van der Waals surface area contributed by atoms with Crippen molar-refractivity contribution >= 4 is 11.9 Å². The van der Waals surface area contributed by atoms with Crippen LogP contribution in [0.3, 0.4) is 0 Å². The highest BCUT2D eigenvalue weighted by molar-refractivity contribution is 7.97. The average Bonchev–Trinajstić information content (AvgIpc) is 2.62. The van der Waals surface area contributed by atoms with Gasteiger partial charge in [-0.15, -0.1) is 0 Å². The molecule has 0 aromatic heterocycles. The van der Waals surface area contributed by atoms with Crippen molar-refractivity contribution < 1.29 is 0 Å². The Morgan fingerprint density at radius 1 is 0.962 bits per heavy atom. The van der Waals surface area contributed by atoms with E-state index >= 15 is 0 Å². The lowest BCUT2D eigenvalue weighted by atomic mass is 10.0. The molecule has 0 aliphatic rings. The lowest BCUT2D eigenvalue weighted by Gasteiger charge is -2.21. The Kier molecular flexibility index (Phi) is 8.02. The van der Waals surface area contributed by atoms with Crippen LogP contribution in [0.2, 0.25) is 0 Å². The minimum Gasteiger partial charge on any atom is -0.402 e. The topological polar surface area (TPSA) is 29.3 Å². The molecule has 2 aromatic rings. The van der Waals surface area contributed by atoms with Crippen LogP contribution >= 0.6 is 11.9 Å². The van der Waals surface area contributed by atoms with Gasteiger partial charge in [-0.2, -0.15) is 0 Å². The molecule has 0 aliphatic heterocycles. The number of hydrogen-bond donors (Lipinski definition) is 1. The van der Waals surface area contributed by atoms with Crippen molar-refractivity contribution in [3.05, 3.63) is 78.5 Å². The second-order valence-corrected chi connectivity index (χ2v) is 7.79. The Morgan fingerprint density at radius 2 is 1.54 bits per heavy atom. The Bertz CT molecular complexity index is 717. The summed E-state index contributed by atoms with van der Waals surface area (Å²) in [6.07, 6.45) is 2.87. The second-order valence-electron chi connectivity index (χ2n) is 6.61. The summed E-state index contributed by atoms with van der Waals surface area (Å²) in [6.45, 7) is 14.1. The predicted molar refractivity (Wildman–Crippen MR) is 116 cm³/mol. The van der Waals surface area contributed by atoms with Crippen molar-refractivity contribution in [1.29, 1.82) is 0 Å². The van der Waals surface area contributed by atoms with E-state index in [0.29, 0.717) is 12.1 Å². The lowest BCUT2D eigenvalue weighted by molar-refractivity contribution is 0.501. The molecule has 2 rings (SSSR count). The second kappa shape index (κ2) is 10.2. The Hall–Kier alpha value is -1.97. The van der Waals surface area contributed by atoms with Crippen LogP contribution in [-0.2, 0) is 6.42 Å². The van der Waals surface area contributed by atoms with Gasteiger partial charge >= 0.3 is 0 Å². The highest BCUT2D eigenvalue weighted by Crippen LogP contribution is 2.28. The molecule has 0 fully saturated rings. The quantitative estimate of drug-likeness (QED) is 0.410. The van der Waals surface area contributed by atoms with Gasteiger partial charge in [0, 0.05) is 30.1 Å². The number of benzene rings is 2. The first-order chi connectivity index (χ1) is 12.5. The third-order valence-corrected chi connectivity index (χ3v) is 5.19. The fourth-order valence-electron chi connectivity index (χ4n) is 2.82. The molecule has 2 N–H and O–H groups in total. The SMILES string of the molecule is C=C(N)CC(=C)CN(CCC)Sc1ccc(-c2ccc(CC)cc2)cc1. The first-order valence-electron chi connectivity index (χ1n) is 9.24. The van der Waals surface area contributed by atoms with E-state index in [1.54, 1.807) is 11.9 Å². The molecular formula is C23H30N2S. The van der Waals surface area contributed by atoms with Gasteiger partial charge in [-0.05, 0) is 53.6 Å². The summed E-state index contributed by atoms with van der Waals surface area (Å²) >= 11 is 1.78. The Labute approximate surface area is 162 Å². The van der Waals surface area contributed by atoms with Crippen LogP contribution in [0, 0.1) is 0 Å². The highest BCUT2D eigenvalue weighted by atomic mass is 32.2. The van der Waals surface area contributed by atoms with Gasteiger partial charge in [0.15, 0.2) is 0 Å². The molecule has 138 valence electrons. The number of nitrogens with zero attached hydrogens (tertiary/aromatic N) is 1. The molecule has 0 atom stereocenters. The molecule has 2 aromatic carbocycles. The van der Waals surface area contributed by atoms with E-state index in [-0.39, 0.29) is 0 Å². The molecule has 0 aliphatic carbocycles. The third kappa shape index (κ3) is 6.40. The summed E-state index contributed by atoms with van der Waals surface area (Å²) in [7, 11) is 0. The zero-order chi connectivity index (χ0) is 18.9. The molecule has 3 heteroatoms. The van der Waals surface area contributed by atoms with Crippen molar-refractivity contribution in [2.24, 2.45) is 5.73 Å². The van der Waals surface area contributed by atoms with Crippen molar-refractivity contribution in [3.8, 4) is 11.1 Å². The van der Waals surface area contributed by atoms with E-state index < -0.39 is 0 Å². The maximum atomic E-state index is 5.71. The first kappa shape index (κ1) is 20.3. The molecule has 0 amide bonds. The van der Waals surface area contributed by atoms with Crippen molar-refractivity contribution in [2.45, 2.75) is 38.0 Å². The number of hydrogen-bond acceptors (Lipinski definition) is 3. The first-order valence-corrected chi connectivity index (χ1v) is 10.0. The summed E-state index contributed by atoms with van der Waals surface area (Å²) in [4.78, 5) is 1.24. The van der Waals surface area contributed by atoms with E-state index in [9.17, 15) is 0 Å². The Balaban J connectivity index is 2.02. The van der Waals surface area contributed by atoms with Gasteiger partial charge in [-0.25, -0.2) is 4.31 Å². The fraction of sp³-hybridized carbons (Fsp3) is 0.304. The lowest BCUT2D eigenvalue weighted by Crippen LogP contribution is -2.20. The molecule has 0 spiro atoms. The smallest absolute Gasteiger partial charge is 0.0304 e. The van der Waals surface area contributed by atoms with Gasteiger partial charge in [0.25, 0.3) is 0 Å². The van der Waals surface area contributed by atoms with Crippen LogP contribution in [0.5, 0.6) is 0 Å². The highest BCUT2D eigenvalue weighted by Gasteiger charge is 2.09. The monoisotopic (exact) mass is 366 g/mol. The molecule has 2 nitrogen and oxygen atoms in total. The van der Waals surface area contributed by atoms with Gasteiger partial charge in [0.1, 0.15) is 0 Å². The molecule has 26 heavy (non-hydrogen) atoms. The van der Waals surface area contributed by atoms with Crippen molar-refractivity contribution in [2.75, 3.05) is 13.1 Å². The van der Waals surface area contributed by atoms with Gasteiger partial charge in [0.05, 0.1) is 0 Å². The van der Waals surface area contributed by atoms with Crippen LogP contribution in [-0.4, -0.2) is 17.4 Å². The largest absolute Gasteiger partial charge is 0.402 e. The summed E-state index contributed by atoms with van der Waals surface area (Å²) in [5.41, 5.74) is 11.4. The van der Waals surface area contributed by atoms with Crippen LogP contribution in [0.25, 0.3) is 11.1 Å². The fourth-order valence-corrected chi connectivity index (χ4v) is 3.90. The van der Waals surface area contributed by atoms with E-state index in [4.69, 9.17) is 5.73 Å². The normalized spacial score (nSPS) is 10.9. The number of nitrogens with two attached hydrogens (primary N) is 1. The minimum atomic E-state index is 0.676. The van der Waals surface area contributed by atoms with Crippen LogP contribution < -0.4 is 5.73 Å². The number of allylic oxidation sites excluding steroid dienone is 1. The van der Waals surface area contributed by atoms with Crippen molar-refractivity contribution in [1.82, 2.24) is 4.31 Å². The third-order valence-electron chi connectivity index (χ3n) is 4.13.